The summed E-state index contributed by atoms with van der Waals surface area (Å²) < 4.78 is 25.4. The largest absolute Gasteiger partial charge is 0.489 e. The smallest absolute Gasteiger partial charge is 0.328 e. The van der Waals surface area contributed by atoms with Gasteiger partial charge in [-0.25, -0.2) is 8.99 Å². The molecule has 0 fully saturated rings. The Kier molecular flexibility index (Phi) is 15.9. The molecule has 0 aliphatic carbocycles. The number of likely N-dealkylation sites (N-methyl/N-ethyl adjacent to an activating group) is 3. The van der Waals surface area contributed by atoms with Crippen molar-refractivity contribution in [2.75, 3.05) is 41.8 Å². The molecular formula is C35H47FN4O5P2. The van der Waals surface area contributed by atoms with Crippen molar-refractivity contribution in [3.05, 3.63) is 89.5 Å². The number of carbonyl (C=O) groups is 3. The van der Waals surface area contributed by atoms with Crippen LogP contribution in [-0.4, -0.2) is 82.3 Å². The molecule has 0 heterocycles. The number of hydrogen-bond acceptors (Lipinski definition) is 8. The first-order valence-corrected chi connectivity index (χ1v) is 18.5. The number of hydrogen-bond donors (Lipinski definition) is 3. The lowest BCUT2D eigenvalue weighted by molar-refractivity contribution is -0.152. The van der Waals surface area contributed by atoms with Gasteiger partial charge in [-0.05, 0) is 86.9 Å². The summed E-state index contributed by atoms with van der Waals surface area (Å²) in [5.74, 6) is -0.0707. The van der Waals surface area contributed by atoms with Crippen LogP contribution in [-0.2, 0) is 38.6 Å². The van der Waals surface area contributed by atoms with Crippen molar-refractivity contribution in [1.82, 2.24) is 20.9 Å². The monoisotopic (exact) mass is 684 g/mol. The Morgan fingerprint density at radius 3 is 2.21 bits per heavy atom. The number of methoxy groups -OCH3 is 1. The topological polar surface area (TPSA) is 109 Å². The highest BCUT2D eigenvalue weighted by atomic mass is 32.0. The fourth-order valence-corrected chi connectivity index (χ4v) is 6.42. The molecule has 0 saturated heterocycles. The van der Waals surface area contributed by atoms with Crippen molar-refractivity contribution < 1.29 is 28.1 Å². The van der Waals surface area contributed by atoms with E-state index in [-0.39, 0.29) is 18.7 Å². The Hall–Kier alpha value is -3.26. The standard InChI is InChI=1S/C35H47FN4O5P2/c1-37-18-10-15-29(38-2)33(41)40(4)31(34(42)44-5)20-25-13-9-14-26(19-25)27-16-17-32(45-23-24-11-7-6-8-12-24)28(21-27)22-30(39-3)35(43)47(36)46/h6-9,11-14,16-17,19,21,29-31,37-39H,10,15,18,20,22-23,46H2,1-5H3/t29-,30-,31-,47?/m0/s1. The zero-order valence-corrected chi connectivity index (χ0v) is 29.8. The predicted molar refractivity (Wildman–Crippen MR) is 190 cm³/mol. The van der Waals surface area contributed by atoms with Crippen LogP contribution in [0.5, 0.6) is 5.75 Å². The third-order valence-corrected chi connectivity index (χ3v) is 9.62. The molecule has 0 aliphatic rings. The van der Waals surface area contributed by atoms with Crippen LogP contribution in [0, 0.1) is 0 Å². The van der Waals surface area contributed by atoms with Crippen LogP contribution in [0.15, 0.2) is 72.8 Å². The zero-order chi connectivity index (χ0) is 34.3. The Bertz CT molecular complexity index is 1460. The molecule has 9 nitrogen and oxygen atoms in total. The van der Waals surface area contributed by atoms with Crippen molar-refractivity contribution in [1.29, 1.82) is 0 Å². The van der Waals surface area contributed by atoms with Crippen molar-refractivity contribution in [3.63, 3.8) is 0 Å². The van der Waals surface area contributed by atoms with E-state index in [0.717, 1.165) is 40.8 Å². The first-order valence-electron chi connectivity index (χ1n) is 15.6. The van der Waals surface area contributed by atoms with Crippen LogP contribution >= 0.6 is 16.8 Å². The summed E-state index contributed by atoms with van der Waals surface area (Å²) in [6.07, 6.45) is 1.93. The van der Waals surface area contributed by atoms with Crippen molar-refractivity contribution in [3.8, 4) is 16.9 Å². The second-order valence-corrected chi connectivity index (χ2v) is 13.7. The van der Waals surface area contributed by atoms with Crippen LogP contribution in [0.4, 0.5) is 4.20 Å². The maximum Gasteiger partial charge on any atom is 0.328 e. The first kappa shape index (κ1) is 38.2. The number of esters is 1. The second-order valence-electron chi connectivity index (χ2n) is 11.3. The van der Waals surface area contributed by atoms with Crippen molar-refractivity contribution in [2.24, 2.45) is 0 Å². The molecule has 47 heavy (non-hydrogen) atoms. The SMILES string of the molecule is CNCCC[C@H](NC)C(=O)N(C)[C@@H](Cc1cccc(-c2ccc(OCc3ccccc3)c(C[C@H](NC)C(=O)P(F)P)c2)c1)C(=O)OC. The van der Waals surface area contributed by atoms with E-state index >= 15 is 0 Å². The van der Waals surface area contributed by atoms with E-state index in [0.29, 0.717) is 18.8 Å². The Morgan fingerprint density at radius 2 is 1.57 bits per heavy atom. The van der Waals surface area contributed by atoms with Gasteiger partial charge in [-0.15, -0.1) is 0 Å². The van der Waals surface area contributed by atoms with Gasteiger partial charge in [0.05, 0.1) is 19.2 Å². The summed E-state index contributed by atoms with van der Waals surface area (Å²) in [5.41, 5.74) is 3.84. The summed E-state index contributed by atoms with van der Waals surface area (Å²) in [6.45, 7) is 1.12. The minimum absolute atomic E-state index is 0.179. The van der Waals surface area contributed by atoms with Crippen LogP contribution < -0.4 is 20.7 Å². The number of rotatable bonds is 19. The molecule has 2 unspecified atom stereocenters. The van der Waals surface area contributed by atoms with Gasteiger partial charge in [0.25, 0.3) is 0 Å². The van der Waals surface area contributed by atoms with E-state index in [1.54, 1.807) is 21.1 Å². The lowest BCUT2D eigenvalue weighted by atomic mass is 9.95. The Balaban J connectivity index is 1.91. The lowest BCUT2D eigenvalue weighted by Crippen LogP contribution is -2.51. The molecule has 0 saturated carbocycles. The molecule has 5 atom stereocenters. The summed E-state index contributed by atoms with van der Waals surface area (Å²) in [6, 6.07) is 21.3. The molecule has 0 radical (unpaired) electrons. The number of benzene rings is 3. The fraction of sp³-hybridized carbons (Fsp3) is 0.400. The average molecular weight is 685 g/mol. The van der Waals surface area contributed by atoms with Gasteiger partial charge >= 0.3 is 5.97 Å². The molecule has 0 aromatic heterocycles. The Morgan fingerprint density at radius 1 is 0.894 bits per heavy atom. The summed E-state index contributed by atoms with van der Waals surface area (Å²) in [7, 11) is 7.85. The number of nitrogens with one attached hydrogen (secondary N) is 3. The molecular weight excluding hydrogens is 637 g/mol. The van der Waals surface area contributed by atoms with Crippen molar-refractivity contribution >= 4 is 34.3 Å². The summed E-state index contributed by atoms with van der Waals surface area (Å²) in [5, 5.41) is 9.13. The molecule has 3 N–H and O–H groups in total. The minimum atomic E-state index is -2.35. The highest BCUT2D eigenvalue weighted by Crippen LogP contribution is 2.48. The van der Waals surface area contributed by atoms with Gasteiger partial charge in [0, 0.05) is 13.5 Å². The Labute approximate surface area is 281 Å². The quantitative estimate of drug-likeness (QED) is 0.0933. The van der Waals surface area contributed by atoms with E-state index in [1.807, 2.05) is 88.8 Å². The van der Waals surface area contributed by atoms with Gasteiger partial charge in [0.2, 0.25) is 11.4 Å². The normalized spacial score (nSPS) is 13.7. The maximum absolute atomic E-state index is 14.1. The van der Waals surface area contributed by atoms with Crippen LogP contribution in [0.3, 0.4) is 0 Å². The van der Waals surface area contributed by atoms with Crippen LogP contribution in [0.25, 0.3) is 11.1 Å². The molecule has 0 spiro atoms. The van der Waals surface area contributed by atoms with E-state index in [9.17, 15) is 18.6 Å². The molecule has 3 aromatic rings. The second kappa shape index (κ2) is 19.5. The molecule has 1 amide bonds. The van der Waals surface area contributed by atoms with E-state index < -0.39 is 37.5 Å². The predicted octanol–water partition coefficient (Wildman–Crippen LogP) is 4.88. The third-order valence-electron chi connectivity index (χ3n) is 8.12. The van der Waals surface area contributed by atoms with Gasteiger partial charge in [-0.3, -0.25) is 9.59 Å². The maximum atomic E-state index is 14.1. The molecule has 3 aromatic carbocycles. The first-order chi connectivity index (χ1) is 22.6. The number of halogens is 1. The number of amides is 1. The van der Waals surface area contributed by atoms with Gasteiger partial charge in [-0.1, -0.05) is 69.6 Å². The van der Waals surface area contributed by atoms with Crippen molar-refractivity contribution in [2.45, 2.75) is 50.4 Å². The third kappa shape index (κ3) is 11.2. The summed E-state index contributed by atoms with van der Waals surface area (Å²) in [4.78, 5) is 40.5. The van der Waals surface area contributed by atoms with Gasteiger partial charge < -0.3 is 30.3 Å². The average Bonchev–Trinajstić information content (AvgIpc) is 3.10. The van der Waals surface area contributed by atoms with Crippen LogP contribution in [0.2, 0.25) is 0 Å². The molecule has 254 valence electrons. The van der Waals surface area contributed by atoms with Crippen LogP contribution in [0.1, 0.15) is 29.5 Å². The van der Waals surface area contributed by atoms with Gasteiger partial charge in [0.15, 0.2) is 7.92 Å². The van der Waals surface area contributed by atoms with E-state index in [1.165, 1.54) is 12.0 Å². The highest BCUT2D eigenvalue weighted by Gasteiger charge is 2.31. The molecule has 0 bridgehead atoms. The zero-order valence-electron chi connectivity index (χ0n) is 27.8. The minimum Gasteiger partial charge on any atom is -0.489 e. The molecule has 12 heteroatoms. The number of carbonyl (C=O) groups excluding carboxylic acids is 3. The number of nitrogens with zero attached hydrogens (tertiary/aromatic N) is 1. The van der Waals surface area contributed by atoms with E-state index in [2.05, 4.69) is 16.0 Å². The van der Waals surface area contributed by atoms with E-state index in [4.69, 9.17) is 9.47 Å². The lowest BCUT2D eigenvalue weighted by Gasteiger charge is -2.30. The molecule has 3 rings (SSSR count). The van der Waals surface area contributed by atoms with Gasteiger partial charge in [-0.2, -0.15) is 0 Å². The summed E-state index contributed by atoms with van der Waals surface area (Å²) >= 11 is 0. The molecule has 0 aliphatic heterocycles. The fourth-order valence-electron chi connectivity index (χ4n) is 5.37. The highest BCUT2D eigenvalue weighted by molar-refractivity contribution is 8.19. The number of ether oxygens (including phenoxy) is 2. The van der Waals surface area contributed by atoms with Gasteiger partial charge in [0.1, 0.15) is 18.4 Å².